The van der Waals surface area contributed by atoms with Crippen LogP contribution in [0.2, 0.25) is 0 Å². The first-order valence-corrected chi connectivity index (χ1v) is 7.48. The summed E-state index contributed by atoms with van der Waals surface area (Å²) in [6, 6.07) is 17.0. The number of amides is 3. The van der Waals surface area contributed by atoms with Crippen molar-refractivity contribution in [2.45, 2.75) is 27.7 Å². The minimum atomic E-state index is -0.546. The third-order valence-corrected chi connectivity index (χ3v) is 2.29. The lowest BCUT2D eigenvalue weighted by atomic mass is 10.2. The first kappa shape index (κ1) is 19.4. The zero-order valence-electron chi connectivity index (χ0n) is 13.6. The summed E-state index contributed by atoms with van der Waals surface area (Å²) in [7, 11) is 0. The van der Waals surface area contributed by atoms with Crippen LogP contribution in [0.25, 0.3) is 0 Å². The molecule has 0 saturated carbocycles. The largest absolute Gasteiger partial charge is 0.326 e. The molecule has 0 spiro atoms. The standard InChI is InChI=1S/C14H12N2O2.2C2H6/c17-13(11-7-3-1-4-8-11)16-14(18)15-12-9-5-2-6-10-12;2*1-2/h1-10H,(H2,15,16,17,18);2*1-2H3. The molecule has 22 heavy (non-hydrogen) atoms. The second-order valence-corrected chi connectivity index (χ2v) is 3.64. The SMILES string of the molecule is CC.CC.O=C(NC(=O)c1ccccc1)Nc1ccccc1. The van der Waals surface area contributed by atoms with Crippen LogP contribution < -0.4 is 10.6 Å². The van der Waals surface area contributed by atoms with Gasteiger partial charge in [0.1, 0.15) is 0 Å². The fourth-order valence-electron chi connectivity index (χ4n) is 1.45. The number of imide groups is 1. The topological polar surface area (TPSA) is 58.2 Å². The highest BCUT2D eigenvalue weighted by Gasteiger charge is 2.09. The number of para-hydroxylation sites is 1. The average Bonchev–Trinajstić information content (AvgIpc) is 2.60. The molecule has 2 rings (SSSR count). The van der Waals surface area contributed by atoms with Gasteiger partial charge < -0.3 is 5.32 Å². The van der Waals surface area contributed by atoms with Gasteiger partial charge in [0.05, 0.1) is 0 Å². The predicted molar refractivity (Wildman–Crippen MR) is 92.1 cm³/mol. The van der Waals surface area contributed by atoms with E-state index in [4.69, 9.17) is 0 Å². The lowest BCUT2D eigenvalue weighted by molar-refractivity contribution is 0.0967. The molecule has 3 amide bonds. The molecule has 0 radical (unpaired) electrons. The van der Waals surface area contributed by atoms with E-state index in [-0.39, 0.29) is 0 Å². The monoisotopic (exact) mass is 300 g/mol. The number of carbonyl (C=O) groups excluding carboxylic acids is 2. The maximum absolute atomic E-state index is 11.7. The van der Waals surface area contributed by atoms with E-state index >= 15 is 0 Å². The number of hydrogen-bond acceptors (Lipinski definition) is 2. The van der Waals surface area contributed by atoms with Gasteiger partial charge in [-0.25, -0.2) is 4.79 Å². The summed E-state index contributed by atoms with van der Waals surface area (Å²) >= 11 is 0. The lowest BCUT2D eigenvalue weighted by Crippen LogP contribution is -2.34. The van der Waals surface area contributed by atoms with Gasteiger partial charge in [0, 0.05) is 11.3 Å². The van der Waals surface area contributed by atoms with Crippen LogP contribution in [-0.4, -0.2) is 11.9 Å². The van der Waals surface area contributed by atoms with Gasteiger partial charge in [0.25, 0.3) is 5.91 Å². The van der Waals surface area contributed by atoms with Crippen LogP contribution in [0.3, 0.4) is 0 Å². The minimum absolute atomic E-state index is 0.427. The Balaban J connectivity index is 0.00000102. The Labute approximate surface area is 132 Å². The Kier molecular flexibility index (Phi) is 10.7. The summed E-state index contributed by atoms with van der Waals surface area (Å²) in [4.78, 5) is 23.2. The minimum Gasteiger partial charge on any atom is -0.308 e. The molecule has 2 aromatic carbocycles. The summed E-state index contributed by atoms with van der Waals surface area (Å²) in [5.41, 5.74) is 1.08. The quantitative estimate of drug-likeness (QED) is 0.844. The molecule has 0 aliphatic heterocycles. The molecule has 0 aliphatic carbocycles. The number of benzene rings is 2. The number of nitrogens with one attached hydrogen (secondary N) is 2. The number of hydrogen-bond donors (Lipinski definition) is 2. The maximum Gasteiger partial charge on any atom is 0.326 e. The Bertz CT molecular complexity index is 540. The smallest absolute Gasteiger partial charge is 0.308 e. The van der Waals surface area contributed by atoms with Crippen LogP contribution in [0.1, 0.15) is 38.1 Å². The van der Waals surface area contributed by atoms with E-state index in [0.717, 1.165) is 0 Å². The average molecular weight is 300 g/mol. The van der Waals surface area contributed by atoms with Crippen molar-refractivity contribution in [2.75, 3.05) is 5.32 Å². The van der Waals surface area contributed by atoms with E-state index in [1.807, 2.05) is 33.8 Å². The molecule has 0 aliphatic rings. The van der Waals surface area contributed by atoms with Crippen molar-refractivity contribution in [3.05, 3.63) is 66.2 Å². The van der Waals surface area contributed by atoms with Crippen molar-refractivity contribution in [3.8, 4) is 0 Å². The summed E-state index contributed by atoms with van der Waals surface area (Å²) in [5.74, 6) is -0.427. The first-order chi connectivity index (χ1) is 10.8. The van der Waals surface area contributed by atoms with Gasteiger partial charge in [-0.05, 0) is 24.3 Å². The molecular weight excluding hydrogens is 276 g/mol. The zero-order chi connectivity index (χ0) is 16.8. The van der Waals surface area contributed by atoms with Crippen LogP contribution >= 0.6 is 0 Å². The highest BCUT2D eigenvalue weighted by molar-refractivity contribution is 6.07. The molecule has 2 N–H and O–H groups in total. The number of rotatable bonds is 2. The first-order valence-electron chi connectivity index (χ1n) is 7.48. The van der Waals surface area contributed by atoms with Crippen LogP contribution in [0.4, 0.5) is 10.5 Å². The molecule has 0 aromatic heterocycles. The Hall–Kier alpha value is -2.62. The molecule has 0 fully saturated rings. The van der Waals surface area contributed by atoms with Crippen molar-refractivity contribution >= 4 is 17.6 Å². The lowest BCUT2D eigenvalue weighted by Gasteiger charge is -2.06. The van der Waals surface area contributed by atoms with Crippen LogP contribution in [0.15, 0.2) is 60.7 Å². The molecule has 2 aromatic rings. The van der Waals surface area contributed by atoms with Gasteiger partial charge in [0.15, 0.2) is 0 Å². The zero-order valence-corrected chi connectivity index (χ0v) is 13.6. The predicted octanol–water partition coefficient (Wildman–Crippen LogP) is 4.70. The Morgan fingerprint density at radius 2 is 1.18 bits per heavy atom. The van der Waals surface area contributed by atoms with Crippen LogP contribution in [0.5, 0.6) is 0 Å². The van der Waals surface area contributed by atoms with Gasteiger partial charge in [0.2, 0.25) is 0 Å². The van der Waals surface area contributed by atoms with E-state index in [1.54, 1.807) is 54.6 Å². The van der Waals surface area contributed by atoms with Gasteiger partial charge >= 0.3 is 6.03 Å². The van der Waals surface area contributed by atoms with Crippen molar-refractivity contribution in [2.24, 2.45) is 0 Å². The second kappa shape index (κ2) is 12.1. The molecule has 4 heteroatoms. The third-order valence-electron chi connectivity index (χ3n) is 2.29. The van der Waals surface area contributed by atoms with Gasteiger partial charge in [-0.1, -0.05) is 64.1 Å². The Morgan fingerprint density at radius 1 is 0.727 bits per heavy atom. The van der Waals surface area contributed by atoms with E-state index < -0.39 is 11.9 Å². The van der Waals surface area contributed by atoms with Crippen molar-refractivity contribution in [3.63, 3.8) is 0 Å². The number of carbonyl (C=O) groups is 2. The summed E-state index contributed by atoms with van der Waals surface area (Å²) < 4.78 is 0. The maximum atomic E-state index is 11.7. The molecule has 0 atom stereocenters. The summed E-state index contributed by atoms with van der Waals surface area (Å²) in [6.45, 7) is 8.00. The molecule has 0 saturated heterocycles. The summed E-state index contributed by atoms with van der Waals surface area (Å²) in [5, 5.41) is 4.83. The number of urea groups is 1. The molecule has 0 unspecified atom stereocenters. The third kappa shape index (κ3) is 7.24. The van der Waals surface area contributed by atoms with Gasteiger partial charge in [-0.15, -0.1) is 0 Å². The molecule has 0 heterocycles. The number of anilines is 1. The van der Waals surface area contributed by atoms with Gasteiger partial charge in [-0.2, -0.15) is 0 Å². The second-order valence-electron chi connectivity index (χ2n) is 3.64. The molecule has 118 valence electrons. The fourth-order valence-corrected chi connectivity index (χ4v) is 1.45. The molecule has 0 bridgehead atoms. The van der Waals surface area contributed by atoms with E-state index in [1.165, 1.54) is 0 Å². The van der Waals surface area contributed by atoms with Crippen molar-refractivity contribution < 1.29 is 9.59 Å². The van der Waals surface area contributed by atoms with E-state index in [0.29, 0.717) is 11.3 Å². The Morgan fingerprint density at radius 3 is 1.68 bits per heavy atom. The van der Waals surface area contributed by atoms with Gasteiger partial charge in [-0.3, -0.25) is 10.1 Å². The highest BCUT2D eigenvalue weighted by atomic mass is 16.2. The van der Waals surface area contributed by atoms with E-state index in [9.17, 15) is 9.59 Å². The molecule has 4 nitrogen and oxygen atoms in total. The van der Waals surface area contributed by atoms with Crippen molar-refractivity contribution in [1.29, 1.82) is 0 Å². The van der Waals surface area contributed by atoms with Crippen molar-refractivity contribution in [1.82, 2.24) is 5.32 Å². The van der Waals surface area contributed by atoms with Crippen LogP contribution in [-0.2, 0) is 0 Å². The summed E-state index contributed by atoms with van der Waals surface area (Å²) in [6.07, 6.45) is 0. The molecular formula is C18H24N2O2. The normalized spacial score (nSPS) is 8.36. The fraction of sp³-hybridized carbons (Fsp3) is 0.222. The highest BCUT2D eigenvalue weighted by Crippen LogP contribution is 2.04. The van der Waals surface area contributed by atoms with Crippen LogP contribution in [0, 0.1) is 0 Å². The van der Waals surface area contributed by atoms with E-state index in [2.05, 4.69) is 10.6 Å².